The molecule has 21 heavy (non-hydrogen) atoms. The fraction of sp³-hybridized carbons (Fsp3) is 0.647. The highest BCUT2D eigenvalue weighted by atomic mass is 16.5. The number of nitriles is 1. The third-order valence-electron chi connectivity index (χ3n) is 5.35. The average molecular weight is 285 g/mol. The first kappa shape index (κ1) is 14.3. The second-order valence-electron chi connectivity index (χ2n) is 6.23. The molecule has 0 saturated heterocycles. The Bertz CT molecular complexity index is 545. The molecule has 0 aliphatic heterocycles. The molecule has 112 valence electrons. The van der Waals surface area contributed by atoms with E-state index in [4.69, 9.17) is 4.74 Å². The maximum absolute atomic E-state index is 9.29. The summed E-state index contributed by atoms with van der Waals surface area (Å²) >= 11 is 0. The number of pyridine rings is 1. The Labute approximate surface area is 126 Å². The lowest BCUT2D eigenvalue weighted by molar-refractivity contribution is -0.121. The summed E-state index contributed by atoms with van der Waals surface area (Å²) in [5.74, 6) is 0.811. The van der Waals surface area contributed by atoms with E-state index in [-0.39, 0.29) is 5.41 Å². The molecule has 1 aromatic heterocycles. The minimum absolute atomic E-state index is 0.273. The van der Waals surface area contributed by atoms with Crippen LogP contribution < -0.4 is 4.90 Å². The first-order valence-electron chi connectivity index (χ1n) is 7.92. The summed E-state index contributed by atoms with van der Waals surface area (Å²) in [4.78, 5) is 6.66. The van der Waals surface area contributed by atoms with Crippen LogP contribution in [0.5, 0.6) is 0 Å². The van der Waals surface area contributed by atoms with Crippen LogP contribution in [0.25, 0.3) is 0 Å². The smallest absolute Gasteiger partial charge is 0.146 e. The highest BCUT2D eigenvalue weighted by molar-refractivity contribution is 5.54. The molecule has 2 aliphatic rings. The van der Waals surface area contributed by atoms with Crippen molar-refractivity contribution in [3.05, 3.63) is 23.9 Å². The standard InChI is InChI=1S/C17H23N3O/c1-3-21-15-11-14(17(15)8-4-5-9-17)20(2)16-13(12-18)7-6-10-19-16/h6-7,10,14-15H,3-5,8-9,11H2,1-2H3. The molecule has 2 fully saturated rings. The van der Waals surface area contributed by atoms with Gasteiger partial charge in [-0.3, -0.25) is 0 Å². The first-order chi connectivity index (χ1) is 10.2. The van der Waals surface area contributed by atoms with Crippen LogP contribution in [0, 0.1) is 16.7 Å². The fourth-order valence-electron chi connectivity index (χ4n) is 4.31. The lowest BCUT2D eigenvalue weighted by atomic mass is 9.60. The molecule has 2 atom stereocenters. The monoisotopic (exact) mass is 285 g/mol. The summed E-state index contributed by atoms with van der Waals surface area (Å²) in [6.45, 7) is 2.86. The number of rotatable bonds is 4. The Morgan fingerprint density at radius 1 is 1.48 bits per heavy atom. The molecule has 2 unspecified atom stereocenters. The first-order valence-corrected chi connectivity index (χ1v) is 7.92. The molecule has 3 rings (SSSR count). The van der Waals surface area contributed by atoms with Gasteiger partial charge in [0.2, 0.25) is 0 Å². The molecule has 2 aliphatic carbocycles. The van der Waals surface area contributed by atoms with Gasteiger partial charge in [0.25, 0.3) is 0 Å². The lowest BCUT2D eigenvalue weighted by Crippen LogP contribution is -2.63. The predicted octanol–water partition coefficient (Wildman–Crippen LogP) is 3.13. The predicted molar refractivity (Wildman–Crippen MR) is 82.1 cm³/mol. The van der Waals surface area contributed by atoms with Crippen molar-refractivity contribution in [3.8, 4) is 6.07 Å². The molecule has 0 radical (unpaired) electrons. The quantitative estimate of drug-likeness (QED) is 0.853. The summed E-state index contributed by atoms with van der Waals surface area (Å²) < 4.78 is 5.98. The van der Waals surface area contributed by atoms with E-state index in [1.807, 2.05) is 12.1 Å². The highest BCUT2D eigenvalue weighted by Crippen LogP contribution is 2.56. The molecule has 1 heterocycles. The number of ether oxygens (including phenoxy) is 1. The van der Waals surface area contributed by atoms with Crippen molar-refractivity contribution in [3.63, 3.8) is 0 Å². The van der Waals surface area contributed by atoms with E-state index in [2.05, 4.69) is 29.9 Å². The van der Waals surface area contributed by atoms with Crippen molar-refractivity contribution in [2.24, 2.45) is 5.41 Å². The Morgan fingerprint density at radius 2 is 2.24 bits per heavy atom. The maximum atomic E-state index is 9.29. The van der Waals surface area contributed by atoms with Gasteiger partial charge >= 0.3 is 0 Å². The van der Waals surface area contributed by atoms with Gasteiger partial charge in [0.1, 0.15) is 11.9 Å². The zero-order valence-corrected chi connectivity index (χ0v) is 12.9. The number of anilines is 1. The Hall–Kier alpha value is -1.60. The zero-order valence-electron chi connectivity index (χ0n) is 12.9. The van der Waals surface area contributed by atoms with Crippen LogP contribution in [0.15, 0.2) is 18.3 Å². The fourth-order valence-corrected chi connectivity index (χ4v) is 4.31. The van der Waals surface area contributed by atoms with Crippen LogP contribution in [-0.4, -0.2) is 30.8 Å². The molecule has 0 amide bonds. The highest BCUT2D eigenvalue weighted by Gasteiger charge is 2.58. The molecule has 0 N–H and O–H groups in total. The number of hydrogen-bond donors (Lipinski definition) is 0. The van der Waals surface area contributed by atoms with Crippen LogP contribution in [0.4, 0.5) is 5.82 Å². The summed E-state index contributed by atoms with van der Waals surface area (Å²) in [5, 5.41) is 9.29. The largest absolute Gasteiger partial charge is 0.378 e. The minimum atomic E-state index is 0.273. The van der Waals surface area contributed by atoms with Crippen molar-refractivity contribution < 1.29 is 4.74 Å². The maximum Gasteiger partial charge on any atom is 0.146 e. The second kappa shape index (κ2) is 5.65. The minimum Gasteiger partial charge on any atom is -0.378 e. The molecule has 0 aromatic carbocycles. The van der Waals surface area contributed by atoms with Gasteiger partial charge in [-0.2, -0.15) is 5.26 Å². The van der Waals surface area contributed by atoms with Crippen molar-refractivity contribution in [1.82, 2.24) is 4.98 Å². The summed E-state index contributed by atoms with van der Waals surface area (Å²) in [6, 6.07) is 6.37. The van der Waals surface area contributed by atoms with Crippen LogP contribution in [0.3, 0.4) is 0 Å². The van der Waals surface area contributed by atoms with Crippen molar-refractivity contribution in [1.29, 1.82) is 5.26 Å². The molecule has 1 spiro atoms. The molecule has 4 heteroatoms. The van der Waals surface area contributed by atoms with Gasteiger partial charge < -0.3 is 9.64 Å². The van der Waals surface area contributed by atoms with Crippen molar-refractivity contribution in [2.75, 3.05) is 18.6 Å². The summed E-state index contributed by atoms with van der Waals surface area (Å²) in [7, 11) is 2.08. The van der Waals surface area contributed by atoms with Gasteiger partial charge in [0, 0.05) is 31.3 Å². The van der Waals surface area contributed by atoms with Crippen LogP contribution in [-0.2, 0) is 4.74 Å². The number of nitrogens with zero attached hydrogens (tertiary/aromatic N) is 3. The summed E-state index contributed by atoms with van der Waals surface area (Å²) in [5.41, 5.74) is 0.933. The Balaban J connectivity index is 1.85. The average Bonchev–Trinajstić information content (AvgIpc) is 3.03. The van der Waals surface area contributed by atoms with Gasteiger partial charge in [-0.25, -0.2) is 4.98 Å². The van der Waals surface area contributed by atoms with Crippen LogP contribution in [0.1, 0.15) is 44.6 Å². The van der Waals surface area contributed by atoms with Crippen LogP contribution >= 0.6 is 0 Å². The second-order valence-corrected chi connectivity index (χ2v) is 6.23. The van der Waals surface area contributed by atoms with E-state index in [9.17, 15) is 5.26 Å². The zero-order chi connectivity index (χ0) is 14.9. The molecular formula is C17H23N3O. The van der Waals surface area contributed by atoms with Gasteiger partial charge in [-0.15, -0.1) is 0 Å². The number of hydrogen-bond acceptors (Lipinski definition) is 4. The Kier molecular flexibility index (Phi) is 3.86. The van der Waals surface area contributed by atoms with Gasteiger partial charge in [-0.1, -0.05) is 12.8 Å². The third-order valence-corrected chi connectivity index (χ3v) is 5.35. The molecule has 2 saturated carbocycles. The SMILES string of the molecule is CCOC1CC(N(C)c2ncccc2C#N)C12CCCC2. The topological polar surface area (TPSA) is 49.1 Å². The van der Waals surface area contributed by atoms with E-state index in [1.165, 1.54) is 25.7 Å². The van der Waals surface area contributed by atoms with Gasteiger partial charge in [0.15, 0.2) is 0 Å². The number of aromatic nitrogens is 1. The van der Waals surface area contributed by atoms with E-state index in [0.29, 0.717) is 17.7 Å². The molecule has 1 aromatic rings. The van der Waals surface area contributed by atoms with E-state index in [0.717, 1.165) is 18.8 Å². The normalized spacial score (nSPS) is 26.3. The van der Waals surface area contributed by atoms with E-state index < -0.39 is 0 Å². The van der Waals surface area contributed by atoms with E-state index >= 15 is 0 Å². The third kappa shape index (κ3) is 2.20. The van der Waals surface area contributed by atoms with Crippen LogP contribution in [0.2, 0.25) is 0 Å². The Morgan fingerprint density at radius 3 is 2.90 bits per heavy atom. The summed E-state index contributed by atoms with van der Waals surface area (Å²) in [6.07, 6.45) is 8.26. The molecule has 4 nitrogen and oxygen atoms in total. The van der Waals surface area contributed by atoms with Crippen molar-refractivity contribution in [2.45, 2.75) is 51.2 Å². The van der Waals surface area contributed by atoms with Crippen molar-refractivity contribution >= 4 is 5.82 Å². The molecular weight excluding hydrogens is 262 g/mol. The molecule has 0 bridgehead atoms. The lowest BCUT2D eigenvalue weighted by Gasteiger charge is -2.57. The van der Waals surface area contributed by atoms with Gasteiger partial charge in [0.05, 0.1) is 11.7 Å². The van der Waals surface area contributed by atoms with Gasteiger partial charge in [-0.05, 0) is 38.3 Å². The van der Waals surface area contributed by atoms with E-state index in [1.54, 1.807) is 6.20 Å².